The Hall–Kier alpha value is -1.51. The Balaban J connectivity index is 2.78. The monoisotopic (exact) mass is 222 g/mol. The van der Waals surface area contributed by atoms with E-state index in [4.69, 9.17) is 9.47 Å². The fourth-order valence-electron chi connectivity index (χ4n) is 1.53. The summed E-state index contributed by atoms with van der Waals surface area (Å²) in [6.45, 7) is 1.92. The number of aryl methyl sites for hydroxylation is 1. The molecule has 0 aliphatic carbocycles. The van der Waals surface area contributed by atoms with Crippen LogP contribution in [0.1, 0.15) is 18.9 Å². The van der Waals surface area contributed by atoms with Gasteiger partial charge in [-0.3, -0.25) is 0 Å². The first-order chi connectivity index (χ1) is 7.71. The van der Waals surface area contributed by atoms with Crippen molar-refractivity contribution in [2.75, 3.05) is 14.2 Å². The molecule has 0 amide bonds. The van der Waals surface area contributed by atoms with E-state index in [0.717, 1.165) is 36.2 Å². The molecule has 1 aromatic carbocycles. The summed E-state index contributed by atoms with van der Waals surface area (Å²) >= 11 is 0. The van der Waals surface area contributed by atoms with Crippen molar-refractivity contribution in [2.24, 2.45) is 5.92 Å². The van der Waals surface area contributed by atoms with Gasteiger partial charge in [-0.05, 0) is 36.6 Å². The van der Waals surface area contributed by atoms with Gasteiger partial charge < -0.3 is 14.3 Å². The van der Waals surface area contributed by atoms with Crippen LogP contribution in [0.4, 0.5) is 0 Å². The third-order valence-electron chi connectivity index (χ3n) is 2.59. The molecule has 0 fully saturated rings. The van der Waals surface area contributed by atoms with Crippen LogP contribution in [0.5, 0.6) is 11.5 Å². The van der Waals surface area contributed by atoms with Crippen LogP contribution < -0.4 is 9.47 Å². The number of hydrogen-bond donors (Lipinski definition) is 0. The van der Waals surface area contributed by atoms with E-state index in [-0.39, 0.29) is 5.92 Å². The molecule has 0 saturated heterocycles. The molecule has 0 aliphatic rings. The van der Waals surface area contributed by atoms with Crippen LogP contribution in [0, 0.1) is 5.92 Å². The average molecular weight is 222 g/mol. The maximum absolute atomic E-state index is 10.5. The summed E-state index contributed by atoms with van der Waals surface area (Å²) in [6.07, 6.45) is 2.62. The second kappa shape index (κ2) is 6.16. The first kappa shape index (κ1) is 12.6. The number of hydrogen-bond acceptors (Lipinski definition) is 3. The summed E-state index contributed by atoms with van der Waals surface area (Å²) in [6, 6.07) is 5.71. The number of ether oxygens (including phenoxy) is 2. The molecule has 0 N–H and O–H groups in total. The molecule has 1 rings (SSSR count). The van der Waals surface area contributed by atoms with Crippen LogP contribution in [0.2, 0.25) is 0 Å². The second-order valence-electron chi connectivity index (χ2n) is 3.83. The van der Waals surface area contributed by atoms with Crippen molar-refractivity contribution in [1.29, 1.82) is 0 Å². The summed E-state index contributed by atoms with van der Waals surface area (Å²) < 4.78 is 10.4. The SMILES string of the molecule is COc1ccc(OC)c(CCC(C)C=O)c1. The van der Waals surface area contributed by atoms with Crippen molar-refractivity contribution in [1.82, 2.24) is 0 Å². The third kappa shape index (κ3) is 3.26. The minimum absolute atomic E-state index is 0.0795. The van der Waals surface area contributed by atoms with Gasteiger partial charge in [-0.2, -0.15) is 0 Å². The average Bonchev–Trinajstić information content (AvgIpc) is 2.35. The van der Waals surface area contributed by atoms with Crippen LogP contribution in [-0.2, 0) is 11.2 Å². The molecule has 0 spiro atoms. The quantitative estimate of drug-likeness (QED) is 0.694. The molecular formula is C13H18O3. The van der Waals surface area contributed by atoms with E-state index in [2.05, 4.69) is 0 Å². The van der Waals surface area contributed by atoms with Crippen LogP contribution in [-0.4, -0.2) is 20.5 Å². The largest absolute Gasteiger partial charge is 0.497 e. The Bertz CT molecular complexity index is 347. The minimum atomic E-state index is 0.0795. The predicted molar refractivity (Wildman–Crippen MR) is 63.1 cm³/mol. The number of rotatable bonds is 6. The molecule has 0 heterocycles. The first-order valence-electron chi connectivity index (χ1n) is 5.37. The molecule has 1 unspecified atom stereocenters. The fourth-order valence-corrected chi connectivity index (χ4v) is 1.53. The number of methoxy groups -OCH3 is 2. The van der Waals surface area contributed by atoms with Crippen LogP contribution in [0.3, 0.4) is 0 Å². The smallest absolute Gasteiger partial charge is 0.122 e. The maximum atomic E-state index is 10.5. The zero-order valence-electron chi connectivity index (χ0n) is 10.0. The molecule has 16 heavy (non-hydrogen) atoms. The molecule has 88 valence electrons. The van der Waals surface area contributed by atoms with Gasteiger partial charge in [0.05, 0.1) is 14.2 Å². The van der Waals surface area contributed by atoms with Gasteiger partial charge >= 0.3 is 0 Å². The highest BCUT2D eigenvalue weighted by Crippen LogP contribution is 2.25. The van der Waals surface area contributed by atoms with Crippen LogP contribution >= 0.6 is 0 Å². The lowest BCUT2D eigenvalue weighted by Crippen LogP contribution is -2.00. The van der Waals surface area contributed by atoms with Gasteiger partial charge in [-0.15, -0.1) is 0 Å². The zero-order chi connectivity index (χ0) is 12.0. The van der Waals surface area contributed by atoms with Crippen molar-refractivity contribution in [3.05, 3.63) is 23.8 Å². The Morgan fingerprint density at radius 2 is 2.06 bits per heavy atom. The Kier molecular flexibility index (Phi) is 4.83. The maximum Gasteiger partial charge on any atom is 0.122 e. The van der Waals surface area contributed by atoms with Crippen molar-refractivity contribution in [2.45, 2.75) is 19.8 Å². The van der Waals surface area contributed by atoms with Crippen molar-refractivity contribution >= 4 is 6.29 Å². The Morgan fingerprint density at radius 3 is 2.62 bits per heavy atom. The molecule has 1 aromatic rings. The fraction of sp³-hybridized carbons (Fsp3) is 0.462. The van der Waals surface area contributed by atoms with Crippen molar-refractivity contribution < 1.29 is 14.3 Å². The molecule has 0 aromatic heterocycles. The van der Waals surface area contributed by atoms with Crippen LogP contribution in [0.25, 0.3) is 0 Å². The van der Waals surface area contributed by atoms with Gasteiger partial charge in [0, 0.05) is 5.92 Å². The van der Waals surface area contributed by atoms with E-state index >= 15 is 0 Å². The highest BCUT2D eigenvalue weighted by atomic mass is 16.5. The zero-order valence-corrected chi connectivity index (χ0v) is 10.0. The third-order valence-corrected chi connectivity index (χ3v) is 2.59. The van der Waals surface area contributed by atoms with Gasteiger partial charge in [0.25, 0.3) is 0 Å². The van der Waals surface area contributed by atoms with E-state index in [1.54, 1.807) is 14.2 Å². The lowest BCUT2D eigenvalue weighted by Gasteiger charge is -2.11. The van der Waals surface area contributed by atoms with Gasteiger partial charge in [0.15, 0.2) is 0 Å². The van der Waals surface area contributed by atoms with E-state index in [0.29, 0.717) is 0 Å². The lowest BCUT2D eigenvalue weighted by atomic mass is 10.0. The number of benzene rings is 1. The van der Waals surface area contributed by atoms with E-state index in [1.807, 2.05) is 25.1 Å². The first-order valence-corrected chi connectivity index (χ1v) is 5.37. The minimum Gasteiger partial charge on any atom is -0.497 e. The molecule has 0 radical (unpaired) electrons. The highest BCUT2D eigenvalue weighted by Gasteiger charge is 2.07. The van der Waals surface area contributed by atoms with Crippen molar-refractivity contribution in [3.63, 3.8) is 0 Å². The van der Waals surface area contributed by atoms with E-state index in [9.17, 15) is 4.79 Å². The molecule has 0 saturated carbocycles. The van der Waals surface area contributed by atoms with Crippen molar-refractivity contribution in [3.8, 4) is 11.5 Å². The molecule has 3 heteroatoms. The van der Waals surface area contributed by atoms with Gasteiger partial charge in [-0.1, -0.05) is 6.92 Å². The van der Waals surface area contributed by atoms with E-state index < -0.39 is 0 Å². The number of carbonyl (C=O) groups excluding carboxylic acids is 1. The molecular weight excluding hydrogens is 204 g/mol. The van der Waals surface area contributed by atoms with E-state index in [1.165, 1.54) is 0 Å². The standard InChI is InChI=1S/C13H18O3/c1-10(9-14)4-5-11-8-12(15-2)6-7-13(11)16-3/h6-10H,4-5H2,1-3H3. The molecule has 0 aliphatic heterocycles. The predicted octanol–water partition coefficient (Wildman–Crippen LogP) is 2.47. The van der Waals surface area contributed by atoms with Gasteiger partial charge in [0.1, 0.15) is 17.8 Å². The highest BCUT2D eigenvalue weighted by molar-refractivity contribution is 5.52. The summed E-state index contributed by atoms with van der Waals surface area (Å²) in [5.41, 5.74) is 1.08. The Labute approximate surface area is 96.4 Å². The lowest BCUT2D eigenvalue weighted by molar-refractivity contribution is -0.110. The van der Waals surface area contributed by atoms with Gasteiger partial charge in [0.2, 0.25) is 0 Å². The summed E-state index contributed by atoms with van der Waals surface area (Å²) in [4.78, 5) is 10.5. The second-order valence-corrected chi connectivity index (χ2v) is 3.83. The Morgan fingerprint density at radius 1 is 1.31 bits per heavy atom. The molecule has 0 bridgehead atoms. The number of aldehydes is 1. The summed E-state index contributed by atoms with van der Waals surface area (Å²) in [7, 11) is 3.29. The summed E-state index contributed by atoms with van der Waals surface area (Å²) in [5, 5.41) is 0. The van der Waals surface area contributed by atoms with Gasteiger partial charge in [-0.25, -0.2) is 0 Å². The normalized spacial score (nSPS) is 11.9. The molecule has 1 atom stereocenters. The molecule has 3 nitrogen and oxygen atoms in total. The topological polar surface area (TPSA) is 35.5 Å². The summed E-state index contributed by atoms with van der Waals surface area (Å²) in [5.74, 6) is 1.74. The van der Waals surface area contributed by atoms with Crippen LogP contribution in [0.15, 0.2) is 18.2 Å². The number of carbonyl (C=O) groups is 1.